The quantitative estimate of drug-likeness (QED) is 0.849. The summed E-state index contributed by atoms with van der Waals surface area (Å²) in [5.41, 5.74) is 0.662. The van der Waals surface area contributed by atoms with Crippen molar-refractivity contribution in [2.75, 3.05) is 19.6 Å². The molecule has 0 aliphatic carbocycles. The number of rotatable bonds is 6. The maximum Gasteiger partial charge on any atom is 0.224 e. The van der Waals surface area contributed by atoms with Gasteiger partial charge in [-0.2, -0.15) is 0 Å². The van der Waals surface area contributed by atoms with Crippen molar-refractivity contribution >= 4 is 27.5 Å². The zero-order valence-corrected chi connectivity index (χ0v) is 14.9. The Balaban J connectivity index is 2.03. The van der Waals surface area contributed by atoms with E-state index in [0.717, 1.165) is 12.8 Å². The van der Waals surface area contributed by atoms with Gasteiger partial charge in [-0.3, -0.25) is 4.79 Å². The van der Waals surface area contributed by atoms with Crippen LogP contribution in [0.2, 0.25) is 5.02 Å². The van der Waals surface area contributed by atoms with E-state index in [1.54, 1.807) is 24.3 Å². The lowest BCUT2D eigenvalue weighted by Gasteiger charge is -2.31. The van der Waals surface area contributed by atoms with Gasteiger partial charge < -0.3 is 5.32 Å². The second-order valence-electron chi connectivity index (χ2n) is 5.87. The third kappa shape index (κ3) is 5.19. The molecule has 1 aliphatic rings. The first kappa shape index (κ1) is 18.2. The standard InChI is InChI=1S/C16H23ClN2O3S/c1-2-8-18-16(20)14-6-4-9-19(11-14)23(21,22)12-13-5-3-7-15(17)10-13/h3,5,7,10,14H,2,4,6,8-9,11-12H2,1H3,(H,18,20)/t14-/m0/s1. The summed E-state index contributed by atoms with van der Waals surface area (Å²) < 4.78 is 26.6. The van der Waals surface area contributed by atoms with Gasteiger partial charge in [-0.25, -0.2) is 12.7 Å². The molecular formula is C16H23ClN2O3S. The van der Waals surface area contributed by atoms with Crippen molar-refractivity contribution in [1.29, 1.82) is 0 Å². The van der Waals surface area contributed by atoms with Gasteiger partial charge in [-0.1, -0.05) is 30.7 Å². The van der Waals surface area contributed by atoms with Crippen LogP contribution in [0.3, 0.4) is 0 Å². The van der Waals surface area contributed by atoms with Crippen LogP contribution in [-0.2, 0) is 20.6 Å². The van der Waals surface area contributed by atoms with Crippen molar-refractivity contribution < 1.29 is 13.2 Å². The van der Waals surface area contributed by atoms with Crippen LogP contribution in [0.4, 0.5) is 0 Å². The molecule has 5 nitrogen and oxygen atoms in total. The summed E-state index contributed by atoms with van der Waals surface area (Å²) in [6, 6.07) is 6.87. The molecule has 23 heavy (non-hydrogen) atoms. The Bertz CT molecular complexity index is 648. The average Bonchev–Trinajstić information content (AvgIpc) is 2.52. The lowest BCUT2D eigenvalue weighted by molar-refractivity contribution is -0.126. The molecule has 1 fully saturated rings. The molecule has 2 rings (SSSR count). The average molecular weight is 359 g/mol. The zero-order valence-electron chi connectivity index (χ0n) is 13.3. The highest BCUT2D eigenvalue weighted by Crippen LogP contribution is 2.22. The molecule has 128 valence electrons. The lowest BCUT2D eigenvalue weighted by atomic mass is 9.99. The van der Waals surface area contributed by atoms with Crippen LogP contribution in [0, 0.1) is 5.92 Å². The van der Waals surface area contributed by atoms with Crippen LogP contribution < -0.4 is 5.32 Å². The summed E-state index contributed by atoms with van der Waals surface area (Å²) in [7, 11) is -3.45. The molecule has 0 spiro atoms. The number of hydrogen-bond donors (Lipinski definition) is 1. The molecule has 0 radical (unpaired) electrons. The molecular weight excluding hydrogens is 336 g/mol. The number of carbonyl (C=O) groups is 1. The number of carbonyl (C=O) groups excluding carboxylic acids is 1. The Kier molecular flexibility index (Phi) is 6.44. The Morgan fingerprint density at radius 1 is 1.43 bits per heavy atom. The Morgan fingerprint density at radius 2 is 2.22 bits per heavy atom. The van der Waals surface area contributed by atoms with Crippen LogP contribution in [0.5, 0.6) is 0 Å². The maximum absolute atomic E-state index is 12.6. The predicted octanol–water partition coefficient (Wildman–Crippen LogP) is 2.41. The molecule has 1 heterocycles. The van der Waals surface area contributed by atoms with Crippen LogP contribution in [0.1, 0.15) is 31.7 Å². The third-order valence-electron chi connectivity index (χ3n) is 3.94. The number of halogens is 1. The number of piperidine rings is 1. The molecule has 1 aliphatic heterocycles. The van der Waals surface area contributed by atoms with Crippen LogP contribution in [-0.4, -0.2) is 38.3 Å². The molecule has 0 unspecified atom stereocenters. The monoisotopic (exact) mass is 358 g/mol. The Morgan fingerprint density at radius 3 is 2.91 bits per heavy atom. The fraction of sp³-hybridized carbons (Fsp3) is 0.562. The smallest absolute Gasteiger partial charge is 0.224 e. The summed E-state index contributed by atoms with van der Waals surface area (Å²) >= 11 is 5.91. The lowest BCUT2D eigenvalue weighted by Crippen LogP contribution is -2.45. The van der Waals surface area contributed by atoms with E-state index in [-0.39, 0.29) is 24.1 Å². The number of hydrogen-bond acceptors (Lipinski definition) is 3. The number of nitrogens with zero attached hydrogens (tertiary/aromatic N) is 1. The Labute approximate surface area is 143 Å². The van der Waals surface area contributed by atoms with Crippen molar-refractivity contribution in [2.45, 2.75) is 31.9 Å². The van der Waals surface area contributed by atoms with Gasteiger partial charge in [0.2, 0.25) is 15.9 Å². The number of sulfonamides is 1. The summed E-state index contributed by atoms with van der Waals surface area (Å²) in [5.74, 6) is -0.393. The van der Waals surface area contributed by atoms with Gasteiger partial charge in [0, 0.05) is 24.7 Å². The molecule has 1 saturated heterocycles. The first-order chi connectivity index (χ1) is 10.9. The van der Waals surface area contributed by atoms with Crippen molar-refractivity contribution in [2.24, 2.45) is 5.92 Å². The number of benzene rings is 1. The first-order valence-corrected chi connectivity index (χ1v) is 9.91. The van der Waals surface area contributed by atoms with E-state index in [4.69, 9.17) is 11.6 Å². The minimum Gasteiger partial charge on any atom is -0.356 e. The third-order valence-corrected chi connectivity index (χ3v) is 5.99. The molecule has 1 atom stereocenters. The first-order valence-electron chi connectivity index (χ1n) is 7.92. The van der Waals surface area contributed by atoms with Crippen molar-refractivity contribution in [3.05, 3.63) is 34.9 Å². The van der Waals surface area contributed by atoms with Gasteiger partial charge in [0.1, 0.15) is 0 Å². The minimum atomic E-state index is -3.45. The van der Waals surface area contributed by atoms with E-state index < -0.39 is 10.0 Å². The minimum absolute atomic E-state index is 0.0468. The molecule has 1 aromatic carbocycles. The second kappa shape index (κ2) is 8.13. The highest BCUT2D eigenvalue weighted by molar-refractivity contribution is 7.88. The van der Waals surface area contributed by atoms with E-state index in [9.17, 15) is 13.2 Å². The summed E-state index contributed by atoms with van der Waals surface area (Å²) in [6.45, 7) is 3.35. The molecule has 7 heteroatoms. The fourth-order valence-electron chi connectivity index (χ4n) is 2.73. The van der Waals surface area contributed by atoms with Crippen LogP contribution >= 0.6 is 11.6 Å². The Hall–Kier alpha value is -1.11. The predicted molar refractivity (Wildman–Crippen MR) is 91.7 cm³/mol. The van der Waals surface area contributed by atoms with Gasteiger partial charge in [0.25, 0.3) is 0 Å². The fourth-order valence-corrected chi connectivity index (χ4v) is 4.54. The highest BCUT2D eigenvalue weighted by Gasteiger charge is 2.32. The topological polar surface area (TPSA) is 66.5 Å². The molecule has 0 bridgehead atoms. The van der Waals surface area contributed by atoms with E-state index >= 15 is 0 Å². The molecule has 1 amide bonds. The molecule has 0 saturated carbocycles. The molecule has 1 aromatic rings. The summed E-state index contributed by atoms with van der Waals surface area (Å²) in [4.78, 5) is 12.1. The van der Waals surface area contributed by atoms with E-state index in [1.165, 1.54) is 4.31 Å². The van der Waals surface area contributed by atoms with Gasteiger partial charge in [0.05, 0.1) is 11.7 Å². The SMILES string of the molecule is CCCNC(=O)[C@H]1CCCN(S(=O)(=O)Cc2cccc(Cl)c2)C1. The normalized spacial score (nSPS) is 19.5. The summed E-state index contributed by atoms with van der Waals surface area (Å²) in [6.07, 6.45) is 2.31. The number of amides is 1. The van der Waals surface area contributed by atoms with Crippen molar-refractivity contribution in [3.8, 4) is 0 Å². The molecule has 1 N–H and O–H groups in total. The van der Waals surface area contributed by atoms with E-state index in [1.807, 2.05) is 6.92 Å². The highest BCUT2D eigenvalue weighted by atomic mass is 35.5. The molecule has 0 aromatic heterocycles. The second-order valence-corrected chi connectivity index (χ2v) is 8.28. The van der Waals surface area contributed by atoms with E-state index in [2.05, 4.69) is 5.32 Å². The largest absolute Gasteiger partial charge is 0.356 e. The van der Waals surface area contributed by atoms with Gasteiger partial charge in [0.15, 0.2) is 0 Å². The van der Waals surface area contributed by atoms with Gasteiger partial charge >= 0.3 is 0 Å². The van der Waals surface area contributed by atoms with Gasteiger partial charge in [-0.05, 0) is 37.0 Å². The van der Waals surface area contributed by atoms with Crippen LogP contribution in [0.15, 0.2) is 24.3 Å². The summed E-state index contributed by atoms with van der Waals surface area (Å²) in [5, 5.41) is 3.37. The maximum atomic E-state index is 12.6. The van der Waals surface area contributed by atoms with Crippen molar-refractivity contribution in [1.82, 2.24) is 9.62 Å². The number of nitrogens with one attached hydrogen (secondary N) is 1. The van der Waals surface area contributed by atoms with E-state index in [0.29, 0.717) is 30.1 Å². The zero-order chi connectivity index (χ0) is 16.9. The van der Waals surface area contributed by atoms with Crippen LogP contribution in [0.25, 0.3) is 0 Å². The van der Waals surface area contributed by atoms with Crippen molar-refractivity contribution in [3.63, 3.8) is 0 Å². The van der Waals surface area contributed by atoms with Gasteiger partial charge in [-0.15, -0.1) is 0 Å².